The van der Waals surface area contributed by atoms with E-state index in [2.05, 4.69) is 4.98 Å². The van der Waals surface area contributed by atoms with Gasteiger partial charge in [-0.15, -0.1) is 0 Å². The molecule has 2 heterocycles. The van der Waals surface area contributed by atoms with Crippen molar-refractivity contribution in [2.75, 3.05) is 13.2 Å². The van der Waals surface area contributed by atoms with Crippen LogP contribution in [0.15, 0.2) is 29.3 Å². The van der Waals surface area contributed by atoms with Crippen LogP contribution in [0.4, 0.5) is 13.2 Å². The summed E-state index contributed by atoms with van der Waals surface area (Å²) >= 11 is 0. The average Bonchev–Trinajstić information content (AvgIpc) is 2.91. The molecule has 1 aliphatic rings. The number of halogens is 3. The minimum atomic E-state index is -4.53. The Morgan fingerprint density at radius 3 is 2.80 bits per heavy atom. The van der Waals surface area contributed by atoms with E-state index in [1.165, 1.54) is 23.0 Å². The summed E-state index contributed by atoms with van der Waals surface area (Å²) in [6.07, 6.45) is -2.69. The Balaban J connectivity index is 2.22. The molecule has 0 amide bonds. The van der Waals surface area contributed by atoms with Gasteiger partial charge in [-0.3, -0.25) is 9.36 Å². The monoisotopic (exact) mass is 284 g/mol. The van der Waals surface area contributed by atoms with Gasteiger partial charge in [0.05, 0.1) is 35.4 Å². The standard InChI is InChI=1S/C13H11F3N2O2/c14-13(15,16)10-3-1-2-9-11(10)17-7-18(12(9)19)8-4-5-20-6-8/h1-3,7-8H,4-6H2/t8-/m1/s1. The van der Waals surface area contributed by atoms with Crippen LogP contribution in [-0.2, 0) is 10.9 Å². The largest absolute Gasteiger partial charge is 0.418 e. The third kappa shape index (κ3) is 2.07. The molecule has 7 heteroatoms. The highest BCUT2D eigenvalue weighted by Gasteiger charge is 2.33. The van der Waals surface area contributed by atoms with Gasteiger partial charge in [-0.2, -0.15) is 13.2 Å². The van der Waals surface area contributed by atoms with Crippen LogP contribution in [0.3, 0.4) is 0 Å². The minimum Gasteiger partial charge on any atom is -0.379 e. The number of rotatable bonds is 1. The molecule has 1 saturated heterocycles. The highest BCUT2D eigenvalue weighted by molar-refractivity contribution is 5.81. The summed E-state index contributed by atoms with van der Waals surface area (Å²) in [5.41, 5.74) is -1.65. The molecule has 0 saturated carbocycles. The molecule has 0 N–H and O–H groups in total. The Morgan fingerprint density at radius 1 is 1.35 bits per heavy atom. The van der Waals surface area contributed by atoms with Crippen molar-refractivity contribution in [1.29, 1.82) is 0 Å². The number of ether oxygens (including phenoxy) is 1. The minimum absolute atomic E-state index is 0.0192. The number of hydrogen-bond donors (Lipinski definition) is 0. The van der Waals surface area contributed by atoms with Crippen molar-refractivity contribution in [3.05, 3.63) is 40.4 Å². The number of benzene rings is 1. The third-order valence-electron chi connectivity index (χ3n) is 3.42. The fraction of sp³-hybridized carbons (Fsp3) is 0.385. The lowest BCUT2D eigenvalue weighted by Crippen LogP contribution is -2.26. The second-order valence-electron chi connectivity index (χ2n) is 4.67. The lowest BCUT2D eigenvalue weighted by molar-refractivity contribution is -0.136. The van der Waals surface area contributed by atoms with Crippen molar-refractivity contribution in [3.8, 4) is 0 Å². The Morgan fingerprint density at radius 2 is 2.15 bits per heavy atom. The fourth-order valence-electron chi connectivity index (χ4n) is 2.40. The number of aromatic nitrogens is 2. The van der Waals surface area contributed by atoms with E-state index in [1.54, 1.807) is 0 Å². The Labute approximate surface area is 111 Å². The first-order valence-electron chi connectivity index (χ1n) is 6.13. The molecule has 106 valence electrons. The molecular formula is C13H11F3N2O2. The van der Waals surface area contributed by atoms with Gasteiger partial charge in [0.1, 0.15) is 0 Å². The van der Waals surface area contributed by atoms with Gasteiger partial charge in [0.15, 0.2) is 0 Å². The number of para-hydroxylation sites is 1. The van der Waals surface area contributed by atoms with Crippen LogP contribution in [0, 0.1) is 0 Å². The lowest BCUT2D eigenvalue weighted by Gasteiger charge is -2.14. The van der Waals surface area contributed by atoms with Gasteiger partial charge < -0.3 is 4.74 Å². The lowest BCUT2D eigenvalue weighted by atomic mass is 10.1. The maximum Gasteiger partial charge on any atom is 0.418 e. The van der Waals surface area contributed by atoms with Crippen LogP contribution in [0.25, 0.3) is 10.9 Å². The number of alkyl halides is 3. The third-order valence-corrected chi connectivity index (χ3v) is 3.42. The molecule has 1 aromatic heterocycles. The molecule has 0 bridgehead atoms. The van der Waals surface area contributed by atoms with Crippen molar-refractivity contribution in [3.63, 3.8) is 0 Å². The summed E-state index contributed by atoms with van der Waals surface area (Å²) in [7, 11) is 0. The van der Waals surface area contributed by atoms with Gasteiger partial charge in [0, 0.05) is 6.61 Å². The van der Waals surface area contributed by atoms with Gasteiger partial charge in [0.2, 0.25) is 0 Å². The fourth-order valence-corrected chi connectivity index (χ4v) is 2.40. The number of fused-ring (bicyclic) bond motifs is 1. The summed E-state index contributed by atoms with van der Waals surface area (Å²) < 4.78 is 45.2. The number of nitrogens with zero attached hydrogens (tertiary/aromatic N) is 2. The van der Waals surface area contributed by atoms with Crippen LogP contribution in [-0.4, -0.2) is 22.8 Å². The van der Waals surface area contributed by atoms with Gasteiger partial charge in [-0.1, -0.05) is 6.07 Å². The van der Waals surface area contributed by atoms with Crippen LogP contribution < -0.4 is 5.56 Å². The van der Waals surface area contributed by atoms with Gasteiger partial charge >= 0.3 is 6.18 Å². The van der Waals surface area contributed by atoms with Crippen molar-refractivity contribution < 1.29 is 17.9 Å². The van der Waals surface area contributed by atoms with Crippen molar-refractivity contribution in [2.45, 2.75) is 18.6 Å². The topological polar surface area (TPSA) is 44.1 Å². The SMILES string of the molecule is O=c1c2cccc(C(F)(F)F)c2ncn1[C@@H]1CCOC1. The molecule has 1 aromatic carbocycles. The molecule has 0 spiro atoms. The Kier molecular flexibility index (Phi) is 3.01. The quantitative estimate of drug-likeness (QED) is 0.807. The highest BCUT2D eigenvalue weighted by Crippen LogP contribution is 2.33. The normalized spacial score (nSPS) is 19.6. The number of hydrogen-bond acceptors (Lipinski definition) is 3. The molecule has 0 radical (unpaired) electrons. The summed E-state index contributed by atoms with van der Waals surface area (Å²) in [4.78, 5) is 16.1. The molecule has 1 atom stereocenters. The summed E-state index contributed by atoms with van der Waals surface area (Å²) in [6.45, 7) is 0.920. The average molecular weight is 284 g/mol. The molecule has 20 heavy (non-hydrogen) atoms. The zero-order valence-electron chi connectivity index (χ0n) is 10.4. The van der Waals surface area contributed by atoms with E-state index in [1.807, 2.05) is 0 Å². The first-order chi connectivity index (χ1) is 9.48. The zero-order chi connectivity index (χ0) is 14.3. The van der Waals surface area contributed by atoms with Gasteiger partial charge in [-0.25, -0.2) is 4.98 Å². The second-order valence-corrected chi connectivity index (χ2v) is 4.67. The van der Waals surface area contributed by atoms with E-state index in [9.17, 15) is 18.0 Å². The van der Waals surface area contributed by atoms with Crippen LogP contribution in [0.2, 0.25) is 0 Å². The summed E-state index contributed by atoms with van der Waals surface area (Å²) in [6, 6.07) is 3.36. The van der Waals surface area contributed by atoms with E-state index in [0.717, 1.165) is 6.07 Å². The highest BCUT2D eigenvalue weighted by atomic mass is 19.4. The molecule has 1 fully saturated rings. The molecule has 1 aliphatic heterocycles. The molecule has 0 aliphatic carbocycles. The van der Waals surface area contributed by atoms with E-state index in [-0.39, 0.29) is 16.9 Å². The molecule has 3 rings (SSSR count). The van der Waals surface area contributed by atoms with Crippen LogP contribution in [0.1, 0.15) is 18.0 Å². The molecular weight excluding hydrogens is 273 g/mol. The smallest absolute Gasteiger partial charge is 0.379 e. The maximum absolute atomic E-state index is 12.9. The first kappa shape index (κ1) is 13.1. The zero-order valence-corrected chi connectivity index (χ0v) is 10.4. The van der Waals surface area contributed by atoms with Gasteiger partial charge in [-0.05, 0) is 18.6 Å². The second kappa shape index (κ2) is 4.59. The summed E-state index contributed by atoms with van der Waals surface area (Å²) in [5.74, 6) is 0. The first-order valence-corrected chi connectivity index (χ1v) is 6.13. The molecule has 4 nitrogen and oxygen atoms in total. The van der Waals surface area contributed by atoms with Gasteiger partial charge in [0.25, 0.3) is 5.56 Å². The Bertz CT molecular complexity index is 703. The predicted molar refractivity (Wildman–Crippen MR) is 65.5 cm³/mol. The van der Waals surface area contributed by atoms with Crippen molar-refractivity contribution in [1.82, 2.24) is 9.55 Å². The maximum atomic E-state index is 12.9. The molecule has 2 aromatic rings. The van der Waals surface area contributed by atoms with Crippen LogP contribution in [0.5, 0.6) is 0 Å². The van der Waals surface area contributed by atoms with Crippen LogP contribution >= 0.6 is 0 Å². The molecule has 0 unspecified atom stereocenters. The van der Waals surface area contributed by atoms with E-state index in [0.29, 0.717) is 19.6 Å². The van der Waals surface area contributed by atoms with Crippen molar-refractivity contribution in [2.24, 2.45) is 0 Å². The Hall–Kier alpha value is -1.89. The summed E-state index contributed by atoms with van der Waals surface area (Å²) in [5, 5.41) is -0.0192. The predicted octanol–water partition coefficient (Wildman–Crippen LogP) is 2.38. The van der Waals surface area contributed by atoms with E-state index < -0.39 is 17.3 Å². The van der Waals surface area contributed by atoms with E-state index >= 15 is 0 Å². The van der Waals surface area contributed by atoms with Crippen molar-refractivity contribution >= 4 is 10.9 Å². The van der Waals surface area contributed by atoms with E-state index in [4.69, 9.17) is 4.74 Å².